The second-order valence-corrected chi connectivity index (χ2v) is 8.33. The minimum Gasteiger partial charge on any atom is -0.389 e. The first-order valence-corrected chi connectivity index (χ1v) is 9.47. The van der Waals surface area contributed by atoms with Crippen molar-refractivity contribution in [2.24, 2.45) is 23.7 Å². The molecule has 1 saturated heterocycles. The fraction of sp³-hybridized carbons (Fsp3) is 1.00. The molecule has 1 aliphatic carbocycles. The Morgan fingerprint density at radius 3 is 2.36 bits per heavy atom. The summed E-state index contributed by atoms with van der Waals surface area (Å²) in [5.41, 5.74) is 0. The molecule has 22 heavy (non-hydrogen) atoms. The van der Waals surface area contributed by atoms with Crippen molar-refractivity contribution in [2.45, 2.75) is 72.0 Å². The molecule has 0 aromatic heterocycles. The van der Waals surface area contributed by atoms with Crippen molar-refractivity contribution in [3.63, 3.8) is 0 Å². The lowest BCUT2D eigenvalue weighted by atomic mass is 9.75. The van der Waals surface area contributed by atoms with Gasteiger partial charge in [0.15, 0.2) is 0 Å². The van der Waals surface area contributed by atoms with Gasteiger partial charge in [-0.15, -0.1) is 0 Å². The van der Waals surface area contributed by atoms with Gasteiger partial charge in [-0.2, -0.15) is 0 Å². The van der Waals surface area contributed by atoms with Gasteiger partial charge < -0.3 is 14.7 Å². The summed E-state index contributed by atoms with van der Waals surface area (Å²) in [6.45, 7) is 12.8. The number of rotatable bonds is 6. The maximum atomic E-state index is 10.3. The number of piperidine rings is 1. The molecule has 0 unspecified atom stereocenters. The quantitative estimate of drug-likeness (QED) is 0.814. The van der Waals surface area contributed by atoms with Crippen molar-refractivity contribution < 1.29 is 9.84 Å². The molecule has 2 rings (SSSR count). The molecule has 0 aromatic rings. The molecule has 1 saturated carbocycles. The molecular formula is C19H37NO2. The highest BCUT2D eigenvalue weighted by atomic mass is 16.5. The van der Waals surface area contributed by atoms with Crippen molar-refractivity contribution in [2.75, 3.05) is 26.2 Å². The van der Waals surface area contributed by atoms with E-state index in [1.54, 1.807) is 0 Å². The largest absolute Gasteiger partial charge is 0.389 e. The predicted octanol–water partition coefficient (Wildman–Crippen LogP) is 3.56. The molecule has 2 aliphatic rings. The van der Waals surface area contributed by atoms with Crippen LogP contribution in [0.5, 0.6) is 0 Å². The lowest BCUT2D eigenvalue weighted by molar-refractivity contribution is -0.0749. The summed E-state index contributed by atoms with van der Waals surface area (Å²) >= 11 is 0. The van der Waals surface area contributed by atoms with Crippen molar-refractivity contribution in [3.05, 3.63) is 0 Å². The first-order chi connectivity index (χ1) is 10.5. The van der Waals surface area contributed by atoms with Crippen LogP contribution in [-0.2, 0) is 4.74 Å². The van der Waals surface area contributed by atoms with Gasteiger partial charge >= 0.3 is 0 Å². The van der Waals surface area contributed by atoms with Gasteiger partial charge in [-0.1, -0.05) is 34.1 Å². The monoisotopic (exact) mass is 311 g/mol. The van der Waals surface area contributed by atoms with Crippen LogP contribution in [0.4, 0.5) is 0 Å². The summed E-state index contributed by atoms with van der Waals surface area (Å²) in [5.74, 6) is 2.96. The number of ether oxygens (including phenoxy) is 1. The minimum atomic E-state index is -0.335. The van der Waals surface area contributed by atoms with Gasteiger partial charge in [-0.3, -0.25) is 0 Å². The summed E-state index contributed by atoms with van der Waals surface area (Å²) in [6.07, 6.45) is 6.32. The lowest BCUT2D eigenvalue weighted by Crippen LogP contribution is -2.41. The van der Waals surface area contributed by atoms with Gasteiger partial charge in [0.25, 0.3) is 0 Å². The molecule has 130 valence electrons. The Morgan fingerprint density at radius 2 is 1.73 bits per heavy atom. The Labute approximate surface area is 137 Å². The average molecular weight is 312 g/mol. The summed E-state index contributed by atoms with van der Waals surface area (Å²) in [6, 6.07) is 0. The molecule has 3 heteroatoms. The molecule has 0 aromatic carbocycles. The zero-order valence-corrected chi connectivity index (χ0v) is 15.1. The van der Waals surface area contributed by atoms with Crippen molar-refractivity contribution in [1.29, 1.82) is 0 Å². The van der Waals surface area contributed by atoms with Crippen LogP contribution in [0.15, 0.2) is 0 Å². The normalized spacial score (nSPS) is 33.3. The fourth-order valence-corrected chi connectivity index (χ4v) is 4.14. The highest BCUT2D eigenvalue weighted by Gasteiger charge is 2.31. The number of hydrogen-bond donors (Lipinski definition) is 1. The summed E-state index contributed by atoms with van der Waals surface area (Å²) in [4.78, 5) is 2.40. The van der Waals surface area contributed by atoms with Gasteiger partial charge in [0.05, 0.1) is 18.8 Å². The molecule has 3 nitrogen and oxygen atoms in total. The second kappa shape index (κ2) is 8.65. The number of aliphatic hydroxyl groups excluding tert-OH is 1. The third-order valence-corrected chi connectivity index (χ3v) is 5.81. The Balaban J connectivity index is 1.73. The first kappa shape index (κ1) is 18.2. The van der Waals surface area contributed by atoms with E-state index in [1.807, 2.05) is 0 Å². The third-order valence-electron chi connectivity index (χ3n) is 5.81. The fourth-order valence-electron chi connectivity index (χ4n) is 4.14. The average Bonchev–Trinajstić information content (AvgIpc) is 2.47. The van der Waals surface area contributed by atoms with E-state index in [0.717, 1.165) is 37.9 Å². The molecular weight excluding hydrogens is 274 g/mol. The Kier molecular flexibility index (Phi) is 7.17. The van der Waals surface area contributed by atoms with Crippen LogP contribution in [0, 0.1) is 23.7 Å². The van der Waals surface area contributed by atoms with E-state index in [1.165, 1.54) is 25.7 Å². The van der Waals surface area contributed by atoms with Gasteiger partial charge in [-0.25, -0.2) is 0 Å². The van der Waals surface area contributed by atoms with Crippen LogP contribution in [0.25, 0.3) is 0 Å². The molecule has 0 radical (unpaired) electrons. The van der Waals surface area contributed by atoms with Crippen molar-refractivity contribution in [3.8, 4) is 0 Å². The second-order valence-electron chi connectivity index (χ2n) is 8.33. The highest BCUT2D eigenvalue weighted by molar-refractivity contribution is 4.82. The maximum absolute atomic E-state index is 10.3. The van der Waals surface area contributed by atoms with Gasteiger partial charge in [-0.05, 0) is 62.4 Å². The molecule has 2 fully saturated rings. The van der Waals surface area contributed by atoms with E-state index in [0.29, 0.717) is 24.5 Å². The van der Waals surface area contributed by atoms with Crippen LogP contribution < -0.4 is 0 Å². The molecule has 1 heterocycles. The van der Waals surface area contributed by atoms with E-state index < -0.39 is 0 Å². The third kappa shape index (κ3) is 5.50. The van der Waals surface area contributed by atoms with Gasteiger partial charge in [0, 0.05) is 6.54 Å². The molecule has 4 atom stereocenters. The number of β-amino-alcohol motifs (C(OH)–C–C–N with tert-alkyl or cyclic N) is 1. The van der Waals surface area contributed by atoms with E-state index in [4.69, 9.17) is 4.74 Å². The minimum absolute atomic E-state index is 0.335. The van der Waals surface area contributed by atoms with Crippen LogP contribution in [0.1, 0.15) is 59.8 Å². The van der Waals surface area contributed by atoms with Gasteiger partial charge in [0.2, 0.25) is 0 Å². The number of hydrogen-bond acceptors (Lipinski definition) is 3. The standard InChI is InChI=1S/C19H37NO2/c1-14(2)18-6-5-16(4)11-19(18)22-13-17(21)12-20-9-7-15(3)8-10-20/h14-19,21H,5-13H2,1-4H3/t16-,17+,18-,19-/m1/s1. The zero-order chi connectivity index (χ0) is 16.1. The SMILES string of the molecule is CC1CCN(C[C@H](O)CO[C@@H]2C[C@H](C)CC[C@@H]2C(C)C)CC1. The number of aliphatic hydroxyl groups is 1. The molecule has 0 spiro atoms. The molecule has 0 bridgehead atoms. The van der Waals surface area contributed by atoms with E-state index in [2.05, 4.69) is 32.6 Å². The van der Waals surface area contributed by atoms with Crippen LogP contribution in [-0.4, -0.2) is 48.5 Å². The Hall–Kier alpha value is -0.120. The highest BCUT2D eigenvalue weighted by Crippen LogP contribution is 2.35. The lowest BCUT2D eigenvalue weighted by Gasteiger charge is -2.38. The van der Waals surface area contributed by atoms with E-state index in [9.17, 15) is 5.11 Å². The molecule has 0 amide bonds. The number of nitrogens with zero attached hydrogens (tertiary/aromatic N) is 1. The smallest absolute Gasteiger partial charge is 0.0900 e. The molecule has 1 aliphatic heterocycles. The van der Waals surface area contributed by atoms with Crippen LogP contribution in [0.2, 0.25) is 0 Å². The maximum Gasteiger partial charge on any atom is 0.0900 e. The van der Waals surface area contributed by atoms with E-state index in [-0.39, 0.29) is 6.10 Å². The Morgan fingerprint density at radius 1 is 1.05 bits per heavy atom. The molecule has 1 N–H and O–H groups in total. The van der Waals surface area contributed by atoms with Crippen molar-refractivity contribution >= 4 is 0 Å². The summed E-state index contributed by atoms with van der Waals surface area (Å²) in [5, 5.41) is 10.3. The topological polar surface area (TPSA) is 32.7 Å². The summed E-state index contributed by atoms with van der Waals surface area (Å²) < 4.78 is 6.18. The van der Waals surface area contributed by atoms with E-state index >= 15 is 0 Å². The summed E-state index contributed by atoms with van der Waals surface area (Å²) in [7, 11) is 0. The van der Waals surface area contributed by atoms with Crippen LogP contribution in [0.3, 0.4) is 0 Å². The number of likely N-dealkylation sites (tertiary alicyclic amines) is 1. The first-order valence-electron chi connectivity index (χ1n) is 9.47. The zero-order valence-electron chi connectivity index (χ0n) is 15.1. The van der Waals surface area contributed by atoms with Crippen molar-refractivity contribution in [1.82, 2.24) is 4.90 Å². The van der Waals surface area contributed by atoms with Crippen LogP contribution >= 0.6 is 0 Å². The predicted molar refractivity (Wildman–Crippen MR) is 91.9 cm³/mol. The van der Waals surface area contributed by atoms with Gasteiger partial charge in [0.1, 0.15) is 0 Å². The Bertz CT molecular complexity index is 313.